The first-order valence-corrected chi connectivity index (χ1v) is 7.10. The van der Waals surface area contributed by atoms with Gasteiger partial charge in [0.15, 0.2) is 0 Å². The summed E-state index contributed by atoms with van der Waals surface area (Å²) in [6.45, 7) is 0. The van der Waals surface area contributed by atoms with E-state index in [0.717, 1.165) is 8.04 Å². The lowest BCUT2D eigenvalue weighted by atomic mass is 10.1. The third-order valence-electron chi connectivity index (χ3n) is 2.43. The fourth-order valence-corrected chi connectivity index (χ4v) is 2.95. The molecule has 0 radical (unpaired) electrons. The van der Waals surface area contributed by atoms with Crippen molar-refractivity contribution < 1.29 is 14.3 Å². The Morgan fingerprint density at radius 2 is 2.05 bits per heavy atom. The van der Waals surface area contributed by atoms with Crippen LogP contribution in [0.2, 0.25) is 0 Å². The molecule has 0 atom stereocenters. The monoisotopic (exact) mass is 435 g/mol. The number of halogens is 3. The smallest absolute Gasteiger partial charge is 0.337 e. The van der Waals surface area contributed by atoms with Gasteiger partial charge in [-0.05, 0) is 68.9 Å². The van der Waals surface area contributed by atoms with Crippen LogP contribution in [-0.4, -0.2) is 11.1 Å². The lowest BCUT2D eigenvalue weighted by Gasteiger charge is -2.12. The molecular weight excluding hydrogens is 428 g/mol. The van der Waals surface area contributed by atoms with Gasteiger partial charge in [0, 0.05) is 8.04 Å². The Bertz CT molecular complexity index is 649. The number of hydrogen-bond donors (Lipinski definition) is 2. The van der Waals surface area contributed by atoms with Crippen LogP contribution in [0, 0.1) is 9.39 Å². The summed E-state index contributed by atoms with van der Waals surface area (Å²) in [5, 5.41) is 11.9. The van der Waals surface area contributed by atoms with E-state index in [1.165, 1.54) is 18.2 Å². The van der Waals surface area contributed by atoms with E-state index < -0.39 is 11.8 Å². The van der Waals surface area contributed by atoms with E-state index in [9.17, 15) is 9.18 Å². The van der Waals surface area contributed by atoms with Gasteiger partial charge >= 0.3 is 5.97 Å². The Hall–Kier alpha value is -1.15. The average molecular weight is 436 g/mol. The second-order valence-corrected chi connectivity index (χ2v) is 5.82. The first-order valence-electron chi connectivity index (χ1n) is 5.23. The van der Waals surface area contributed by atoms with Gasteiger partial charge in [0.05, 0.1) is 16.9 Å². The van der Waals surface area contributed by atoms with E-state index >= 15 is 0 Å². The Labute approximate surface area is 131 Å². The molecule has 0 spiro atoms. The van der Waals surface area contributed by atoms with Crippen LogP contribution in [0.15, 0.2) is 40.9 Å². The second-order valence-electron chi connectivity index (χ2n) is 3.72. The van der Waals surface area contributed by atoms with E-state index in [2.05, 4.69) is 43.8 Å². The van der Waals surface area contributed by atoms with Gasteiger partial charge < -0.3 is 10.4 Å². The summed E-state index contributed by atoms with van der Waals surface area (Å²) in [4.78, 5) is 11.1. The van der Waals surface area contributed by atoms with Crippen molar-refractivity contribution in [1.29, 1.82) is 0 Å². The molecule has 0 aliphatic heterocycles. The number of hydrogen-bond acceptors (Lipinski definition) is 2. The highest BCUT2D eigenvalue weighted by Gasteiger charge is 2.15. The average Bonchev–Trinajstić information content (AvgIpc) is 2.34. The SMILES string of the molecule is O=C(O)c1cccc(F)c1Nc1ccc(I)cc1Br. The molecule has 2 rings (SSSR count). The minimum atomic E-state index is -1.18. The number of carboxylic acid groups (broad SMARTS) is 1. The van der Waals surface area contributed by atoms with Crippen LogP contribution >= 0.6 is 38.5 Å². The number of nitrogens with one attached hydrogen (secondary N) is 1. The lowest BCUT2D eigenvalue weighted by molar-refractivity contribution is 0.0697. The van der Waals surface area contributed by atoms with Gasteiger partial charge in [-0.25, -0.2) is 9.18 Å². The zero-order valence-corrected chi connectivity index (χ0v) is 13.2. The molecule has 6 heteroatoms. The first-order chi connectivity index (χ1) is 8.99. The van der Waals surface area contributed by atoms with Crippen molar-refractivity contribution in [3.8, 4) is 0 Å². The molecule has 0 amide bonds. The van der Waals surface area contributed by atoms with Crippen LogP contribution < -0.4 is 5.32 Å². The summed E-state index contributed by atoms with van der Waals surface area (Å²) in [6.07, 6.45) is 0. The zero-order chi connectivity index (χ0) is 14.0. The molecule has 3 nitrogen and oxygen atoms in total. The summed E-state index contributed by atoms with van der Waals surface area (Å²) in [5.41, 5.74) is 0.454. The standard InChI is InChI=1S/C13H8BrFINO2/c14-9-6-7(16)4-5-11(9)17-12-8(13(18)19)2-1-3-10(12)15/h1-6,17H,(H,18,19). The summed E-state index contributed by atoms with van der Waals surface area (Å²) in [5.74, 6) is -1.78. The highest BCUT2D eigenvalue weighted by Crippen LogP contribution is 2.30. The van der Waals surface area contributed by atoms with E-state index in [4.69, 9.17) is 5.11 Å². The molecule has 0 bridgehead atoms. The van der Waals surface area contributed by atoms with Gasteiger partial charge in [-0.2, -0.15) is 0 Å². The molecular formula is C13H8BrFINO2. The molecule has 0 heterocycles. The molecule has 2 N–H and O–H groups in total. The zero-order valence-electron chi connectivity index (χ0n) is 9.45. The molecule has 19 heavy (non-hydrogen) atoms. The molecule has 0 saturated carbocycles. The first kappa shape index (κ1) is 14.3. The predicted octanol–water partition coefficient (Wildman–Crippen LogP) is 4.63. The maximum absolute atomic E-state index is 13.8. The van der Waals surface area contributed by atoms with Gasteiger partial charge in [-0.3, -0.25) is 0 Å². The van der Waals surface area contributed by atoms with E-state index in [1.807, 2.05) is 12.1 Å². The fourth-order valence-electron chi connectivity index (χ4n) is 1.55. The largest absolute Gasteiger partial charge is 0.478 e. The van der Waals surface area contributed by atoms with Crippen molar-refractivity contribution >= 4 is 55.9 Å². The van der Waals surface area contributed by atoms with Gasteiger partial charge in [0.25, 0.3) is 0 Å². The number of carboxylic acids is 1. The van der Waals surface area contributed by atoms with Crippen molar-refractivity contribution in [2.24, 2.45) is 0 Å². The van der Waals surface area contributed by atoms with Crippen molar-refractivity contribution in [1.82, 2.24) is 0 Å². The Kier molecular flexibility index (Phi) is 4.41. The Balaban J connectivity index is 2.46. The molecule has 0 unspecified atom stereocenters. The topological polar surface area (TPSA) is 49.3 Å². The van der Waals surface area contributed by atoms with Crippen molar-refractivity contribution in [3.05, 3.63) is 55.8 Å². The summed E-state index contributed by atoms with van der Waals surface area (Å²) >= 11 is 5.50. The third-order valence-corrected chi connectivity index (χ3v) is 3.76. The van der Waals surface area contributed by atoms with Crippen LogP contribution in [0.5, 0.6) is 0 Å². The van der Waals surface area contributed by atoms with Gasteiger partial charge in [0.1, 0.15) is 5.82 Å². The second kappa shape index (κ2) is 5.87. The number of aromatic carboxylic acids is 1. The van der Waals surface area contributed by atoms with Crippen LogP contribution in [0.3, 0.4) is 0 Å². The lowest BCUT2D eigenvalue weighted by Crippen LogP contribution is -2.05. The van der Waals surface area contributed by atoms with Crippen LogP contribution in [0.25, 0.3) is 0 Å². The highest BCUT2D eigenvalue weighted by molar-refractivity contribution is 14.1. The maximum atomic E-state index is 13.8. The molecule has 0 saturated heterocycles. The molecule has 98 valence electrons. The van der Waals surface area contributed by atoms with Crippen molar-refractivity contribution in [3.63, 3.8) is 0 Å². The van der Waals surface area contributed by atoms with Crippen molar-refractivity contribution in [2.75, 3.05) is 5.32 Å². The van der Waals surface area contributed by atoms with Crippen LogP contribution in [-0.2, 0) is 0 Å². The number of anilines is 2. The number of benzene rings is 2. The Morgan fingerprint density at radius 3 is 2.68 bits per heavy atom. The van der Waals surface area contributed by atoms with Gasteiger partial charge in [0.2, 0.25) is 0 Å². The maximum Gasteiger partial charge on any atom is 0.337 e. The number of rotatable bonds is 3. The number of carbonyl (C=O) groups is 1. The van der Waals surface area contributed by atoms with Crippen molar-refractivity contribution in [2.45, 2.75) is 0 Å². The van der Waals surface area contributed by atoms with E-state index in [-0.39, 0.29) is 11.3 Å². The Morgan fingerprint density at radius 1 is 1.32 bits per heavy atom. The minimum Gasteiger partial charge on any atom is -0.478 e. The van der Waals surface area contributed by atoms with Crippen LogP contribution in [0.1, 0.15) is 10.4 Å². The molecule has 0 fully saturated rings. The van der Waals surface area contributed by atoms with Gasteiger partial charge in [-0.15, -0.1) is 0 Å². The normalized spacial score (nSPS) is 10.3. The van der Waals surface area contributed by atoms with E-state index in [0.29, 0.717) is 5.69 Å². The quantitative estimate of drug-likeness (QED) is 0.691. The summed E-state index contributed by atoms with van der Waals surface area (Å²) < 4.78 is 15.5. The summed E-state index contributed by atoms with van der Waals surface area (Å²) in [6, 6.07) is 9.39. The molecule has 2 aromatic rings. The highest BCUT2D eigenvalue weighted by atomic mass is 127. The number of para-hydroxylation sites is 1. The third kappa shape index (κ3) is 3.24. The summed E-state index contributed by atoms with van der Waals surface area (Å²) in [7, 11) is 0. The molecule has 0 aliphatic carbocycles. The predicted molar refractivity (Wildman–Crippen MR) is 83.5 cm³/mol. The molecule has 0 aliphatic rings. The molecule has 0 aromatic heterocycles. The van der Waals surface area contributed by atoms with Gasteiger partial charge in [-0.1, -0.05) is 6.07 Å². The molecule has 2 aromatic carbocycles. The van der Waals surface area contributed by atoms with E-state index in [1.54, 1.807) is 6.07 Å². The fraction of sp³-hybridized carbons (Fsp3) is 0. The van der Waals surface area contributed by atoms with Crippen LogP contribution in [0.4, 0.5) is 15.8 Å². The minimum absolute atomic E-state index is 0.0445.